The largest absolute Gasteiger partial charge is 0.507 e. The topological polar surface area (TPSA) is 95.9 Å². The summed E-state index contributed by atoms with van der Waals surface area (Å²) in [6, 6.07) is 25.7. The van der Waals surface area contributed by atoms with Crippen LogP contribution in [0.15, 0.2) is 96.6 Å². The molecule has 1 atom stereocenters. The van der Waals surface area contributed by atoms with E-state index in [4.69, 9.17) is 4.74 Å². The summed E-state index contributed by atoms with van der Waals surface area (Å²) in [7, 11) is 1.53. The van der Waals surface area contributed by atoms with Gasteiger partial charge in [-0.2, -0.15) is 0 Å². The third-order valence-corrected chi connectivity index (χ3v) is 6.34. The lowest BCUT2D eigenvalue weighted by Gasteiger charge is -2.26. The summed E-state index contributed by atoms with van der Waals surface area (Å²) in [5, 5.41) is 15.9. The first-order valence-electron chi connectivity index (χ1n) is 11.7. The Balaban J connectivity index is 1.75. The van der Waals surface area contributed by atoms with Gasteiger partial charge in [0.15, 0.2) is 0 Å². The van der Waals surface area contributed by atoms with Crippen molar-refractivity contribution in [3.63, 3.8) is 0 Å². The lowest BCUT2D eigenvalue weighted by molar-refractivity contribution is -0.132. The Hall–Kier alpha value is -4.91. The molecule has 37 heavy (non-hydrogen) atoms. The van der Waals surface area contributed by atoms with Crippen LogP contribution in [-0.4, -0.2) is 29.8 Å². The van der Waals surface area contributed by atoms with E-state index in [2.05, 4.69) is 5.32 Å². The Kier molecular flexibility index (Phi) is 6.19. The molecule has 2 amide bonds. The van der Waals surface area contributed by atoms with Gasteiger partial charge in [-0.05, 0) is 46.7 Å². The molecule has 1 aliphatic rings. The van der Waals surface area contributed by atoms with Crippen LogP contribution in [0.25, 0.3) is 16.5 Å². The highest BCUT2D eigenvalue weighted by molar-refractivity contribution is 6.51. The van der Waals surface area contributed by atoms with E-state index in [-0.39, 0.29) is 17.2 Å². The maximum absolute atomic E-state index is 13.5. The van der Waals surface area contributed by atoms with Crippen molar-refractivity contribution in [2.45, 2.75) is 13.0 Å². The lowest BCUT2D eigenvalue weighted by atomic mass is 9.93. The summed E-state index contributed by atoms with van der Waals surface area (Å²) in [5.41, 5.74) is 1.89. The smallest absolute Gasteiger partial charge is 0.300 e. The van der Waals surface area contributed by atoms with Gasteiger partial charge in [-0.3, -0.25) is 19.3 Å². The fourth-order valence-corrected chi connectivity index (χ4v) is 4.74. The molecule has 1 saturated heterocycles. The quantitative estimate of drug-likeness (QED) is 0.220. The van der Waals surface area contributed by atoms with Crippen LogP contribution in [0.1, 0.15) is 24.1 Å². The van der Waals surface area contributed by atoms with Gasteiger partial charge in [0.25, 0.3) is 11.7 Å². The predicted octanol–water partition coefficient (Wildman–Crippen LogP) is 5.43. The number of methoxy groups -OCH3 is 1. The molecule has 0 aliphatic carbocycles. The maximum atomic E-state index is 13.5. The number of aliphatic hydroxyl groups is 1. The van der Waals surface area contributed by atoms with Gasteiger partial charge in [-0.15, -0.1) is 0 Å². The van der Waals surface area contributed by atoms with Crippen molar-refractivity contribution in [1.29, 1.82) is 0 Å². The number of anilines is 2. The molecule has 4 aromatic carbocycles. The van der Waals surface area contributed by atoms with Crippen molar-refractivity contribution in [3.05, 3.63) is 108 Å². The molecule has 0 aromatic heterocycles. The van der Waals surface area contributed by atoms with Gasteiger partial charge < -0.3 is 15.2 Å². The number of hydrogen-bond donors (Lipinski definition) is 2. The number of aliphatic hydroxyl groups excluding tert-OH is 1. The number of nitrogens with zero attached hydrogens (tertiary/aromatic N) is 1. The van der Waals surface area contributed by atoms with Gasteiger partial charge in [-0.1, -0.05) is 60.7 Å². The van der Waals surface area contributed by atoms with Crippen LogP contribution in [0.4, 0.5) is 11.4 Å². The van der Waals surface area contributed by atoms with Crippen molar-refractivity contribution >= 4 is 45.5 Å². The van der Waals surface area contributed by atoms with Crippen LogP contribution in [0, 0.1) is 0 Å². The fraction of sp³-hybridized carbons (Fsp3) is 0.100. The summed E-state index contributed by atoms with van der Waals surface area (Å²) < 4.78 is 5.40. The predicted molar refractivity (Wildman–Crippen MR) is 142 cm³/mol. The van der Waals surface area contributed by atoms with E-state index in [1.807, 2.05) is 30.3 Å². The normalized spacial score (nSPS) is 16.7. The van der Waals surface area contributed by atoms with Gasteiger partial charge in [0, 0.05) is 23.9 Å². The van der Waals surface area contributed by atoms with E-state index in [1.54, 1.807) is 60.7 Å². The Morgan fingerprint density at radius 3 is 2.43 bits per heavy atom. The van der Waals surface area contributed by atoms with E-state index in [0.717, 1.165) is 10.8 Å². The van der Waals surface area contributed by atoms with E-state index < -0.39 is 17.7 Å². The van der Waals surface area contributed by atoms with Gasteiger partial charge >= 0.3 is 0 Å². The highest BCUT2D eigenvalue weighted by atomic mass is 16.5. The zero-order valence-electron chi connectivity index (χ0n) is 20.3. The minimum absolute atomic E-state index is 0.0282. The van der Waals surface area contributed by atoms with Crippen LogP contribution < -0.4 is 15.0 Å². The summed E-state index contributed by atoms with van der Waals surface area (Å²) >= 11 is 0. The van der Waals surface area contributed by atoms with Crippen LogP contribution in [-0.2, 0) is 14.4 Å². The lowest BCUT2D eigenvalue weighted by Crippen LogP contribution is -2.29. The number of carbonyl (C=O) groups is 3. The van der Waals surface area contributed by atoms with Crippen molar-refractivity contribution in [2.24, 2.45) is 0 Å². The molecule has 2 N–H and O–H groups in total. The second-order valence-electron chi connectivity index (χ2n) is 8.70. The molecule has 1 unspecified atom stereocenters. The molecular weight excluding hydrogens is 468 g/mol. The van der Waals surface area contributed by atoms with Crippen molar-refractivity contribution in [3.8, 4) is 5.75 Å². The average molecular weight is 493 g/mol. The molecule has 184 valence electrons. The second-order valence-corrected chi connectivity index (χ2v) is 8.70. The van der Waals surface area contributed by atoms with Crippen LogP contribution in [0.3, 0.4) is 0 Å². The third kappa shape index (κ3) is 4.31. The molecule has 4 aromatic rings. The zero-order chi connectivity index (χ0) is 26.1. The molecule has 7 heteroatoms. The zero-order valence-corrected chi connectivity index (χ0v) is 20.3. The van der Waals surface area contributed by atoms with Gasteiger partial charge in [0.2, 0.25) is 5.91 Å². The van der Waals surface area contributed by atoms with Gasteiger partial charge in [0.1, 0.15) is 11.5 Å². The molecule has 0 saturated carbocycles. The molecule has 1 heterocycles. The van der Waals surface area contributed by atoms with Crippen LogP contribution in [0.2, 0.25) is 0 Å². The van der Waals surface area contributed by atoms with E-state index >= 15 is 0 Å². The number of fused-ring (bicyclic) bond motifs is 1. The minimum atomic E-state index is -0.929. The summed E-state index contributed by atoms with van der Waals surface area (Å²) in [6.07, 6.45) is 0. The molecule has 0 radical (unpaired) electrons. The molecule has 0 spiro atoms. The van der Waals surface area contributed by atoms with Crippen molar-refractivity contribution < 1.29 is 24.2 Å². The standard InChI is InChI=1S/C30H24N2O5/c1-18(33)31-21-11-7-12-22(17-21)32-27(20-10-5-13-23(16-20)37-2)26(29(35)30(32)36)28(34)25-15-6-9-19-8-3-4-14-24(19)25/h3-17,27,34H,1-2H3,(H,31,33)/b28-26-. The molecular formula is C30H24N2O5. The number of rotatable bonds is 5. The monoisotopic (exact) mass is 492 g/mol. The molecule has 5 rings (SSSR count). The Morgan fingerprint density at radius 1 is 0.919 bits per heavy atom. The highest BCUT2D eigenvalue weighted by Gasteiger charge is 2.47. The molecule has 1 aliphatic heterocycles. The minimum Gasteiger partial charge on any atom is -0.507 e. The number of benzene rings is 4. The van der Waals surface area contributed by atoms with Crippen LogP contribution >= 0.6 is 0 Å². The fourth-order valence-electron chi connectivity index (χ4n) is 4.74. The summed E-state index contributed by atoms with van der Waals surface area (Å²) in [5.74, 6) is -1.57. The van der Waals surface area contributed by atoms with Gasteiger partial charge in [-0.25, -0.2) is 0 Å². The third-order valence-electron chi connectivity index (χ3n) is 6.34. The number of Topliss-reactive ketones (excluding diaryl/α,β-unsaturated/α-hetero) is 1. The number of ketones is 1. The number of ether oxygens (including phenoxy) is 1. The molecule has 1 fully saturated rings. The number of hydrogen-bond acceptors (Lipinski definition) is 5. The number of amides is 2. The Labute approximate surface area is 213 Å². The average Bonchev–Trinajstić information content (AvgIpc) is 3.18. The molecule has 7 nitrogen and oxygen atoms in total. The Bertz CT molecular complexity index is 1580. The number of carbonyl (C=O) groups excluding carboxylic acids is 3. The highest BCUT2D eigenvalue weighted by Crippen LogP contribution is 2.44. The van der Waals surface area contributed by atoms with Crippen molar-refractivity contribution in [1.82, 2.24) is 0 Å². The first-order chi connectivity index (χ1) is 17.9. The maximum Gasteiger partial charge on any atom is 0.300 e. The summed E-state index contributed by atoms with van der Waals surface area (Å²) in [4.78, 5) is 40.0. The first kappa shape index (κ1) is 23.8. The Morgan fingerprint density at radius 2 is 1.65 bits per heavy atom. The van der Waals surface area contributed by atoms with E-state index in [1.165, 1.54) is 18.9 Å². The van der Waals surface area contributed by atoms with Gasteiger partial charge in [0.05, 0.1) is 18.7 Å². The first-order valence-corrected chi connectivity index (χ1v) is 11.7. The number of nitrogens with one attached hydrogen (secondary N) is 1. The SMILES string of the molecule is COc1cccc(C2/C(=C(/O)c3cccc4ccccc34)C(=O)C(=O)N2c2cccc(NC(C)=O)c2)c1. The van der Waals surface area contributed by atoms with Crippen molar-refractivity contribution in [2.75, 3.05) is 17.3 Å². The van der Waals surface area contributed by atoms with E-state index in [0.29, 0.717) is 28.3 Å². The van der Waals surface area contributed by atoms with E-state index in [9.17, 15) is 19.5 Å². The molecule has 0 bridgehead atoms. The van der Waals surface area contributed by atoms with Crippen LogP contribution in [0.5, 0.6) is 5.75 Å². The second kappa shape index (κ2) is 9.62. The summed E-state index contributed by atoms with van der Waals surface area (Å²) in [6.45, 7) is 1.39.